The van der Waals surface area contributed by atoms with Gasteiger partial charge in [0.15, 0.2) is 0 Å². The standard InChI is InChI=1S/C11H10F3NO2S.2C2H6/c12-11(13,14)8-2-1-3-9(4-8)18-15-5-7(6-15)10(16)17;2*1-2/h1-4,7H,5-6H2,(H,16,17);2*1-2H3. The Morgan fingerprint density at radius 3 is 2.23 bits per heavy atom. The van der Waals surface area contributed by atoms with Crippen molar-refractivity contribution in [3.8, 4) is 0 Å². The van der Waals surface area contributed by atoms with Crippen LogP contribution in [0.25, 0.3) is 0 Å². The molecule has 1 aliphatic rings. The summed E-state index contributed by atoms with van der Waals surface area (Å²) in [5.41, 5.74) is -0.692. The van der Waals surface area contributed by atoms with Crippen molar-refractivity contribution < 1.29 is 23.1 Å². The molecule has 0 unspecified atom stereocenters. The van der Waals surface area contributed by atoms with E-state index in [1.54, 1.807) is 10.4 Å². The molecule has 0 amide bonds. The highest BCUT2D eigenvalue weighted by Gasteiger charge is 2.34. The highest BCUT2D eigenvalue weighted by atomic mass is 32.2. The van der Waals surface area contributed by atoms with Crippen LogP contribution in [-0.4, -0.2) is 28.5 Å². The zero-order valence-corrected chi connectivity index (χ0v) is 14.0. The van der Waals surface area contributed by atoms with E-state index in [9.17, 15) is 18.0 Å². The molecule has 1 saturated heterocycles. The van der Waals surface area contributed by atoms with Gasteiger partial charge < -0.3 is 5.11 Å². The maximum atomic E-state index is 12.5. The molecule has 1 heterocycles. The van der Waals surface area contributed by atoms with E-state index in [4.69, 9.17) is 5.11 Å². The van der Waals surface area contributed by atoms with Crippen LogP contribution in [-0.2, 0) is 11.0 Å². The molecule has 0 aromatic heterocycles. The van der Waals surface area contributed by atoms with Gasteiger partial charge in [-0.25, -0.2) is 4.31 Å². The third kappa shape index (κ3) is 6.27. The number of hydrogen-bond donors (Lipinski definition) is 1. The third-order valence-electron chi connectivity index (χ3n) is 2.59. The minimum Gasteiger partial charge on any atom is -0.481 e. The summed E-state index contributed by atoms with van der Waals surface area (Å²) in [5, 5.41) is 8.68. The van der Waals surface area contributed by atoms with Crippen molar-refractivity contribution >= 4 is 17.9 Å². The molecule has 22 heavy (non-hydrogen) atoms. The second kappa shape index (κ2) is 9.74. The lowest BCUT2D eigenvalue weighted by Crippen LogP contribution is -2.46. The van der Waals surface area contributed by atoms with Crippen molar-refractivity contribution in [1.29, 1.82) is 0 Å². The van der Waals surface area contributed by atoms with Crippen molar-refractivity contribution in [2.75, 3.05) is 13.1 Å². The summed E-state index contributed by atoms with van der Waals surface area (Å²) < 4.78 is 39.1. The number of carbonyl (C=O) groups is 1. The van der Waals surface area contributed by atoms with E-state index in [-0.39, 0.29) is 0 Å². The molecule has 0 bridgehead atoms. The molecule has 1 N–H and O–H groups in total. The van der Waals surface area contributed by atoms with E-state index >= 15 is 0 Å². The maximum absolute atomic E-state index is 12.5. The van der Waals surface area contributed by atoms with E-state index in [2.05, 4.69) is 0 Å². The Kier molecular flexibility index (Phi) is 9.20. The zero-order valence-electron chi connectivity index (χ0n) is 13.1. The Bertz CT molecular complexity index is 460. The number of nitrogens with zero attached hydrogens (tertiary/aromatic N) is 1. The number of alkyl halides is 3. The molecular weight excluding hydrogens is 315 g/mol. The quantitative estimate of drug-likeness (QED) is 0.806. The molecule has 1 aliphatic heterocycles. The van der Waals surface area contributed by atoms with Gasteiger partial charge in [-0.15, -0.1) is 0 Å². The van der Waals surface area contributed by atoms with Crippen LogP contribution in [0.2, 0.25) is 0 Å². The van der Waals surface area contributed by atoms with Crippen LogP contribution in [0.5, 0.6) is 0 Å². The average molecular weight is 337 g/mol. The number of hydrogen-bond acceptors (Lipinski definition) is 3. The molecule has 3 nitrogen and oxygen atoms in total. The van der Waals surface area contributed by atoms with E-state index in [1.165, 1.54) is 6.07 Å². The van der Waals surface area contributed by atoms with Gasteiger partial charge in [-0.2, -0.15) is 13.2 Å². The molecule has 0 aliphatic carbocycles. The van der Waals surface area contributed by atoms with Crippen LogP contribution >= 0.6 is 11.9 Å². The van der Waals surface area contributed by atoms with Crippen molar-refractivity contribution in [2.24, 2.45) is 5.92 Å². The first kappa shape index (κ1) is 20.8. The first-order chi connectivity index (χ1) is 10.4. The lowest BCUT2D eigenvalue weighted by molar-refractivity contribution is -0.145. The monoisotopic (exact) mass is 337 g/mol. The van der Waals surface area contributed by atoms with Crippen molar-refractivity contribution in [2.45, 2.75) is 38.8 Å². The van der Waals surface area contributed by atoms with Crippen LogP contribution in [0.15, 0.2) is 29.2 Å². The Hall–Kier alpha value is -1.21. The van der Waals surface area contributed by atoms with Crippen molar-refractivity contribution in [3.05, 3.63) is 29.8 Å². The van der Waals surface area contributed by atoms with E-state index in [0.717, 1.165) is 24.1 Å². The summed E-state index contributed by atoms with van der Waals surface area (Å²) in [6.07, 6.45) is -4.35. The second-order valence-electron chi connectivity index (χ2n) is 4.00. The number of aliphatic carboxylic acids is 1. The van der Waals surface area contributed by atoms with Gasteiger partial charge in [0.25, 0.3) is 0 Å². The molecule has 7 heteroatoms. The number of rotatable bonds is 3. The van der Waals surface area contributed by atoms with Gasteiger partial charge in [-0.3, -0.25) is 4.79 Å². The molecule has 2 rings (SSSR count). The first-order valence-electron chi connectivity index (χ1n) is 7.19. The first-order valence-corrected chi connectivity index (χ1v) is 7.96. The van der Waals surface area contributed by atoms with Crippen LogP contribution in [0.1, 0.15) is 33.3 Å². The van der Waals surface area contributed by atoms with Gasteiger partial charge in [0.2, 0.25) is 0 Å². The Labute approximate surface area is 133 Å². The zero-order chi connectivity index (χ0) is 17.3. The second-order valence-corrected chi connectivity index (χ2v) is 5.17. The summed E-state index contributed by atoms with van der Waals surface area (Å²) in [5.74, 6) is -1.28. The highest BCUT2D eigenvalue weighted by molar-refractivity contribution is 7.97. The minimum absolute atomic E-state index is 0.357. The van der Waals surface area contributed by atoms with Crippen LogP contribution < -0.4 is 0 Å². The summed E-state index contributed by atoms with van der Waals surface area (Å²) in [6.45, 7) is 8.71. The summed E-state index contributed by atoms with van der Waals surface area (Å²) in [7, 11) is 0. The van der Waals surface area contributed by atoms with Gasteiger partial charge in [-0.1, -0.05) is 33.8 Å². The minimum atomic E-state index is -4.35. The molecule has 1 fully saturated rings. The number of halogens is 3. The maximum Gasteiger partial charge on any atom is 0.416 e. The van der Waals surface area contributed by atoms with Crippen LogP contribution in [0.3, 0.4) is 0 Å². The number of carboxylic acid groups (broad SMARTS) is 1. The van der Waals surface area contributed by atoms with Crippen LogP contribution in [0.4, 0.5) is 13.2 Å². The highest BCUT2D eigenvalue weighted by Crippen LogP contribution is 2.35. The normalized spacial score (nSPS) is 14.9. The smallest absolute Gasteiger partial charge is 0.416 e. The van der Waals surface area contributed by atoms with Gasteiger partial charge in [0.05, 0.1) is 11.5 Å². The lowest BCUT2D eigenvalue weighted by atomic mass is 10.0. The van der Waals surface area contributed by atoms with E-state index in [0.29, 0.717) is 18.0 Å². The predicted molar refractivity (Wildman–Crippen MR) is 82.7 cm³/mol. The molecule has 0 saturated carbocycles. The van der Waals surface area contributed by atoms with E-state index in [1.807, 2.05) is 27.7 Å². The molecule has 126 valence electrons. The molecular formula is C15H22F3NO2S. The fourth-order valence-corrected chi connectivity index (χ4v) is 2.67. The number of benzene rings is 1. The van der Waals surface area contributed by atoms with Gasteiger partial charge in [-0.05, 0) is 30.1 Å². The molecule has 1 aromatic rings. The average Bonchev–Trinajstić information content (AvgIpc) is 2.46. The van der Waals surface area contributed by atoms with Gasteiger partial charge in [0.1, 0.15) is 0 Å². The Morgan fingerprint density at radius 1 is 1.23 bits per heavy atom. The van der Waals surface area contributed by atoms with Gasteiger partial charge in [0, 0.05) is 18.0 Å². The van der Waals surface area contributed by atoms with Crippen LogP contribution in [0, 0.1) is 5.92 Å². The van der Waals surface area contributed by atoms with Gasteiger partial charge >= 0.3 is 12.1 Å². The van der Waals surface area contributed by atoms with Crippen molar-refractivity contribution in [3.63, 3.8) is 0 Å². The molecule has 1 aromatic carbocycles. The largest absolute Gasteiger partial charge is 0.481 e. The predicted octanol–water partition coefficient (Wildman–Crippen LogP) is 4.78. The van der Waals surface area contributed by atoms with E-state index < -0.39 is 23.6 Å². The summed E-state index contributed by atoms with van der Waals surface area (Å²) in [6, 6.07) is 5.01. The molecule has 0 radical (unpaired) electrons. The third-order valence-corrected chi connectivity index (χ3v) is 3.61. The SMILES string of the molecule is CC.CC.O=C(O)C1CN(Sc2cccc(C(F)(F)F)c2)C1. The summed E-state index contributed by atoms with van der Waals surface area (Å²) in [4.78, 5) is 11.0. The fraction of sp³-hybridized carbons (Fsp3) is 0.533. The Morgan fingerprint density at radius 2 is 1.77 bits per heavy atom. The topological polar surface area (TPSA) is 40.5 Å². The van der Waals surface area contributed by atoms with Crippen molar-refractivity contribution in [1.82, 2.24) is 4.31 Å². The fourth-order valence-electron chi connectivity index (χ4n) is 1.55. The lowest BCUT2D eigenvalue weighted by Gasteiger charge is -2.35. The molecule has 0 spiro atoms. The summed E-state index contributed by atoms with van der Waals surface area (Å²) >= 11 is 1.15. The number of carboxylic acids is 1. The Balaban J connectivity index is 0.00000102. The molecule has 0 atom stereocenters.